The van der Waals surface area contributed by atoms with Crippen molar-refractivity contribution in [1.29, 1.82) is 0 Å². The summed E-state index contributed by atoms with van der Waals surface area (Å²) in [5.41, 5.74) is 0.233. The van der Waals surface area contributed by atoms with Gasteiger partial charge in [-0.1, -0.05) is 41.5 Å². The Kier molecular flexibility index (Phi) is 8.30. The summed E-state index contributed by atoms with van der Waals surface area (Å²) in [6.07, 6.45) is 3.26. The number of halogens is 2. The van der Waals surface area contributed by atoms with Crippen LogP contribution in [-0.2, 0) is 16.1 Å². The maximum absolute atomic E-state index is 13.5. The molecule has 7 atom stereocenters. The van der Waals surface area contributed by atoms with Gasteiger partial charge in [0.25, 0.3) is 0 Å². The number of aliphatic hydroxyl groups is 1. The van der Waals surface area contributed by atoms with E-state index in [1.54, 1.807) is 0 Å². The van der Waals surface area contributed by atoms with Crippen LogP contribution in [0.5, 0.6) is 0 Å². The first kappa shape index (κ1) is 27.6. The molecule has 0 heterocycles. The van der Waals surface area contributed by atoms with E-state index in [4.69, 9.17) is 0 Å². The van der Waals surface area contributed by atoms with Gasteiger partial charge in [-0.25, -0.2) is 8.78 Å². The second kappa shape index (κ2) is 10.5. The van der Waals surface area contributed by atoms with Crippen LogP contribution in [-0.4, -0.2) is 29.1 Å². The number of nitrogens with one attached hydrogen (secondary N) is 2. The van der Waals surface area contributed by atoms with Crippen molar-refractivity contribution in [2.45, 2.75) is 92.3 Å². The molecule has 0 saturated heterocycles. The third-order valence-electron chi connectivity index (χ3n) is 8.37. The average Bonchev–Trinajstić information content (AvgIpc) is 2.72. The van der Waals surface area contributed by atoms with E-state index in [0.29, 0.717) is 12.0 Å². The molecule has 2 saturated carbocycles. The van der Waals surface area contributed by atoms with E-state index in [9.17, 15) is 23.5 Å². The zero-order chi connectivity index (χ0) is 26.1. The van der Waals surface area contributed by atoms with Crippen molar-refractivity contribution >= 4 is 11.8 Å². The molecule has 5 nitrogen and oxygen atoms in total. The number of hydrogen-bond donors (Lipinski definition) is 3. The molecule has 1 aromatic carbocycles. The van der Waals surface area contributed by atoms with Gasteiger partial charge < -0.3 is 15.7 Å². The van der Waals surface area contributed by atoms with Gasteiger partial charge in [0.2, 0.25) is 11.8 Å². The topological polar surface area (TPSA) is 78.4 Å². The van der Waals surface area contributed by atoms with E-state index in [0.717, 1.165) is 31.7 Å². The summed E-state index contributed by atoms with van der Waals surface area (Å²) >= 11 is 0. The van der Waals surface area contributed by atoms with Crippen molar-refractivity contribution in [1.82, 2.24) is 10.6 Å². The number of amides is 2. The van der Waals surface area contributed by atoms with Gasteiger partial charge in [0.15, 0.2) is 0 Å². The summed E-state index contributed by atoms with van der Waals surface area (Å²) in [4.78, 5) is 25.5. The molecular formula is C28H42F2N2O3. The Morgan fingerprint density at radius 1 is 1.14 bits per heavy atom. The number of hydrogen-bond acceptors (Lipinski definition) is 3. The minimum absolute atomic E-state index is 0.00308. The Hall–Kier alpha value is -2.02. The Morgan fingerprint density at radius 2 is 1.74 bits per heavy atom. The summed E-state index contributed by atoms with van der Waals surface area (Å²) in [6, 6.07) is 3.20. The predicted octanol–water partition coefficient (Wildman–Crippen LogP) is 4.96. The highest BCUT2D eigenvalue weighted by Gasteiger charge is 2.53. The van der Waals surface area contributed by atoms with Gasteiger partial charge in [-0.05, 0) is 72.0 Å². The highest BCUT2D eigenvalue weighted by molar-refractivity contribution is 5.78. The van der Waals surface area contributed by atoms with Crippen LogP contribution in [0.15, 0.2) is 18.2 Å². The summed E-state index contributed by atoms with van der Waals surface area (Å²) in [6.45, 7) is 12.3. The first-order chi connectivity index (χ1) is 16.2. The Balaban J connectivity index is 1.66. The van der Waals surface area contributed by atoms with Crippen molar-refractivity contribution in [2.75, 3.05) is 0 Å². The van der Waals surface area contributed by atoms with Crippen molar-refractivity contribution in [2.24, 2.45) is 34.5 Å². The fraction of sp³-hybridized carbons (Fsp3) is 0.714. The van der Waals surface area contributed by atoms with Gasteiger partial charge in [-0.15, -0.1) is 0 Å². The number of fused-ring (bicyclic) bond motifs is 1. The molecule has 2 aliphatic carbocycles. The monoisotopic (exact) mass is 492 g/mol. The molecule has 0 radical (unpaired) electrons. The molecule has 0 aliphatic heterocycles. The molecular weight excluding hydrogens is 450 g/mol. The van der Waals surface area contributed by atoms with Crippen molar-refractivity contribution in [3.05, 3.63) is 35.4 Å². The standard InChI is InChI=1S/C28H42F2N2O3/c1-16(26(35)31-15-18-11-19(29)13-20(30)12-18)21-7-9-28(6)10-8-22(17(2)24(28)25(21)34)32-23(33)14-27(3,4)5/h11-13,16-17,21-22,24-25,34H,7-10,14-15H2,1-6H3,(H,31,35)(H,32,33)/t16-,17+,21?,22-,24+,25-,28-/m0/s1. The number of aliphatic hydroxyl groups excluding tert-OH is 1. The summed E-state index contributed by atoms with van der Waals surface area (Å²) in [7, 11) is 0. The molecule has 0 spiro atoms. The number of carbonyl (C=O) groups excluding carboxylic acids is 2. The number of rotatable bonds is 6. The fourth-order valence-corrected chi connectivity index (χ4v) is 6.49. The molecule has 2 fully saturated rings. The van der Waals surface area contributed by atoms with Crippen LogP contribution in [0.4, 0.5) is 8.78 Å². The van der Waals surface area contributed by atoms with Gasteiger partial charge in [0.1, 0.15) is 11.6 Å². The summed E-state index contributed by atoms with van der Waals surface area (Å²) in [5, 5.41) is 17.5. The van der Waals surface area contributed by atoms with Crippen LogP contribution >= 0.6 is 0 Å². The maximum atomic E-state index is 13.5. The van der Waals surface area contributed by atoms with E-state index in [1.807, 2.05) is 27.7 Å². The lowest BCUT2D eigenvalue weighted by molar-refractivity contribution is -0.144. The van der Waals surface area contributed by atoms with Gasteiger partial charge in [0, 0.05) is 31.0 Å². The minimum atomic E-state index is -0.681. The van der Waals surface area contributed by atoms with E-state index in [2.05, 4.69) is 24.5 Å². The Morgan fingerprint density at radius 3 is 2.34 bits per heavy atom. The molecule has 1 unspecified atom stereocenters. The van der Waals surface area contributed by atoms with Gasteiger partial charge >= 0.3 is 0 Å². The van der Waals surface area contributed by atoms with Gasteiger partial charge in [-0.3, -0.25) is 9.59 Å². The number of carbonyl (C=O) groups is 2. The third kappa shape index (κ3) is 6.60. The largest absolute Gasteiger partial charge is 0.392 e. The first-order valence-electron chi connectivity index (χ1n) is 12.9. The zero-order valence-electron chi connectivity index (χ0n) is 22.0. The highest BCUT2D eigenvalue weighted by atomic mass is 19.1. The molecule has 0 bridgehead atoms. The van der Waals surface area contributed by atoms with Crippen LogP contribution in [0.3, 0.4) is 0 Å². The quantitative estimate of drug-likeness (QED) is 0.525. The molecule has 2 amide bonds. The van der Waals surface area contributed by atoms with Gasteiger partial charge in [0.05, 0.1) is 6.10 Å². The van der Waals surface area contributed by atoms with Crippen LogP contribution in [0.2, 0.25) is 0 Å². The van der Waals surface area contributed by atoms with Crippen LogP contribution in [0.1, 0.15) is 79.2 Å². The Bertz CT molecular complexity index is 911. The molecule has 3 rings (SSSR count). The summed E-state index contributed by atoms with van der Waals surface area (Å²) < 4.78 is 26.9. The molecule has 7 heteroatoms. The zero-order valence-corrected chi connectivity index (χ0v) is 22.0. The smallest absolute Gasteiger partial charge is 0.223 e. The minimum Gasteiger partial charge on any atom is -0.392 e. The fourth-order valence-electron chi connectivity index (χ4n) is 6.49. The second-order valence-electron chi connectivity index (χ2n) is 12.5. The normalized spacial score (nSPS) is 31.9. The van der Waals surface area contributed by atoms with Crippen LogP contribution in [0, 0.1) is 46.1 Å². The van der Waals surface area contributed by atoms with Crippen molar-refractivity contribution in [3.63, 3.8) is 0 Å². The molecule has 3 N–H and O–H groups in total. The SMILES string of the molecule is C[C@H]1[C@@H]2[C@@H](O)C([C@H](C)C(=O)NCc3cc(F)cc(F)c3)CC[C@@]2(C)CC[C@@H]1NC(=O)CC(C)(C)C. The number of benzene rings is 1. The predicted molar refractivity (Wildman–Crippen MR) is 132 cm³/mol. The molecule has 0 aromatic heterocycles. The van der Waals surface area contributed by atoms with E-state index in [1.165, 1.54) is 12.1 Å². The lowest BCUT2D eigenvalue weighted by Crippen LogP contribution is -2.58. The van der Waals surface area contributed by atoms with Crippen LogP contribution < -0.4 is 10.6 Å². The summed E-state index contributed by atoms with van der Waals surface area (Å²) in [5.74, 6) is -2.16. The van der Waals surface area contributed by atoms with Gasteiger partial charge in [-0.2, -0.15) is 0 Å². The molecule has 1 aromatic rings. The molecule has 196 valence electrons. The molecule has 2 aliphatic rings. The molecule has 35 heavy (non-hydrogen) atoms. The van der Waals surface area contributed by atoms with Crippen molar-refractivity contribution < 1.29 is 23.5 Å². The second-order valence-corrected chi connectivity index (χ2v) is 12.5. The average molecular weight is 493 g/mol. The van der Waals surface area contributed by atoms with Crippen molar-refractivity contribution in [3.8, 4) is 0 Å². The van der Waals surface area contributed by atoms with E-state index < -0.39 is 23.7 Å². The van der Waals surface area contributed by atoms with E-state index >= 15 is 0 Å². The lowest BCUT2D eigenvalue weighted by Gasteiger charge is -2.56. The highest BCUT2D eigenvalue weighted by Crippen LogP contribution is 2.55. The maximum Gasteiger partial charge on any atom is 0.223 e. The first-order valence-corrected chi connectivity index (χ1v) is 12.9. The van der Waals surface area contributed by atoms with Crippen LogP contribution in [0.25, 0.3) is 0 Å². The Labute approximate surface area is 208 Å². The lowest BCUT2D eigenvalue weighted by atomic mass is 9.51. The third-order valence-corrected chi connectivity index (χ3v) is 8.37. The van der Waals surface area contributed by atoms with E-state index in [-0.39, 0.29) is 53.0 Å².